The first-order valence-electron chi connectivity index (χ1n) is 7.88. The lowest BCUT2D eigenvalue weighted by molar-refractivity contribution is 0.0645. The number of likely N-dealkylation sites (tertiary alicyclic amines) is 1. The van der Waals surface area contributed by atoms with E-state index in [1.807, 2.05) is 0 Å². The third-order valence-corrected chi connectivity index (χ3v) is 4.37. The SMILES string of the molecule is O=C(c1ccco1)N1CCC[C@H](n2cnc3ncccc3c2=O)C1. The largest absolute Gasteiger partial charge is 0.459 e. The van der Waals surface area contributed by atoms with Crippen molar-refractivity contribution in [3.05, 3.63) is 59.2 Å². The molecular weight excluding hydrogens is 308 g/mol. The van der Waals surface area contributed by atoms with E-state index < -0.39 is 0 Å². The maximum Gasteiger partial charge on any atom is 0.289 e. The Kier molecular flexibility index (Phi) is 3.60. The van der Waals surface area contributed by atoms with Crippen molar-refractivity contribution in [2.75, 3.05) is 13.1 Å². The van der Waals surface area contributed by atoms with Gasteiger partial charge in [0.1, 0.15) is 6.33 Å². The van der Waals surface area contributed by atoms with E-state index in [1.165, 1.54) is 12.6 Å². The Morgan fingerprint density at radius 1 is 1.25 bits per heavy atom. The number of piperidine rings is 1. The van der Waals surface area contributed by atoms with Crippen LogP contribution in [0.5, 0.6) is 0 Å². The minimum atomic E-state index is -0.145. The highest BCUT2D eigenvalue weighted by atomic mass is 16.3. The van der Waals surface area contributed by atoms with Crippen molar-refractivity contribution in [3.8, 4) is 0 Å². The Morgan fingerprint density at radius 3 is 3.00 bits per heavy atom. The molecule has 4 rings (SSSR count). The number of carbonyl (C=O) groups excluding carboxylic acids is 1. The van der Waals surface area contributed by atoms with Gasteiger partial charge in [-0.15, -0.1) is 0 Å². The quantitative estimate of drug-likeness (QED) is 0.719. The van der Waals surface area contributed by atoms with Gasteiger partial charge in [-0.2, -0.15) is 0 Å². The summed E-state index contributed by atoms with van der Waals surface area (Å²) in [7, 11) is 0. The Morgan fingerprint density at radius 2 is 2.17 bits per heavy atom. The van der Waals surface area contributed by atoms with Crippen molar-refractivity contribution < 1.29 is 9.21 Å². The second kappa shape index (κ2) is 5.92. The predicted octanol–water partition coefficient (Wildman–Crippen LogP) is 1.86. The molecule has 1 amide bonds. The predicted molar refractivity (Wildman–Crippen MR) is 86.7 cm³/mol. The summed E-state index contributed by atoms with van der Waals surface area (Å²) in [6.07, 6.45) is 6.29. The van der Waals surface area contributed by atoms with Crippen LogP contribution in [0, 0.1) is 0 Å². The second-order valence-electron chi connectivity index (χ2n) is 5.86. The van der Waals surface area contributed by atoms with Gasteiger partial charge in [0.2, 0.25) is 0 Å². The van der Waals surface area contributed by atoms with Crippen molar-refractivity contribution in [1.82, 2.24) is 19.4 Å². The molecule has 1 fully saturated rings. The first-order chi connectivity index (χ1) is 11.7. The highest BCUT2D eigenvalue weighted by Crippen LogP contribution is 2.22. The van der Waals surface area contributed by atoms with Gasteiger partial charge in [0, 0.05) is 19.3 Å². The van der Waals surface area contributed by atoms with Crippen molar-refractivity contribution in [2.45, 2.75) is 18.9 Å². The number of nitrogens with zero attached hydrogens (tertiary/aromatic N) is 4. The van der Waals surface area contributed by atoms with Gasteiger partial charge in [-0.1, -0.05) is 0 Å². The van der Waals surface area contributed by atoms with E-state index in [-0.39, 0.29) is 17.5 Å². The number of hydrogen-bond donors (Lipinski definition) is 0. The lowest BCUT2D eigenvalue weighted by Crippen LogP contribution is -2.42. The third kappa shape index (κ3) is 2.47. The molecule has 0 aliphatic carbocycles. The summed E-state index contributed by atoms with van der Waals surface area (Å²) in [5.41, 5.74) is 0.323. The van der Waals surface area contributed by atoms with Crippen LogP contribution in [0.2, 0.25) is 0 Å². The summed E-state index contributed by atoms with van der Waals surface area (Å²) in [4.78, 5) is 35.2. The Balaban J connectivity index is 1.64. The van der Waals surface area contributed by atoms with Gasteiger partial charge in [0.05, 0.1) is 17.7 Å². The molecule has 24 heavy (non-hydrogen) atoms. The van der Waals surface area contributed by atoms with Gasteiger partial charge in [0.15, 0.2) is 11.4 Å². The van der Waals surface area contributed by atoms with Crippen molar-refractivity contribution >= 4 is 16.9 Å². The Bertz CT molecular complexity index is 932. The molecule has 0 spiro atoms. The van der Waals surface area contributed by atoms with Gasteiger partial charge in [-0.05, 0) is 37.1 Å². The molecule has 3 aromatic rings. The van der Waals surface area contributed by atoms with Crippen LogP contribution in [0.1, 0.15) is 29.4 Å². The van der Waals surface area contributed by atoms with Crippen LogP contribution in [0.3, 0.4) is 0 Å². The highest BCUT2D eigenvalue weighted by molar-refractivity contribution is 5.91. The molecule has 4 heterocycles. The fourth-order valence-corrected chi connectivity index (χ4v) is 3.16. The van der Waals surface area contributed by atoms with Gasteiger partial charge in [-0.3, -0.25) is 14.2 Å². The van der Waals surface area contributed by atoms with Crippen molar-refractivity contribution in [2.24, 2.45) is 0 Å². The van der Waals surface area contributed by atoms with E-state index in [0.717, 1.165) is 12.8 Å². The van der Waals surface area contributed by atoms with Crippen LogP contribution in [0.25, 0.3) is 11.0 Å². The van der Waals surface area contributed by atoms with E-state index in [1.54, 1.807) is 39.9 Å². The van der Waals surface area contributed by atoms with Crippen molar-refractivity contribution in [3.63, 3.8) is 0 Å². The molecule has 0 aromatic carbocycles. The van der Waals surface area contributed by atoms with Crippen LogP contribution in [0.4, 0.5) is 0 Å². The summed E-state index contributed by atoms with van der Waals surface area (Å²) in [6.45, 7) is 1.13. The number of hydrogen-bond acceptors (Lipinski definition) is 5. The molecule has 0 bridgehead atoms. The zero-order valence-corrected chi connectivity index (χ0v) is 13.0. The van der Waals surface area contributed by atoms with E-state index in [9.17, 15) is 9.59 Å². The number of carbonyl (C=O) groups is 1. The molecule has 7 heteroatoms. The lowest BCUT2D eigenvalue weighted by Gasteiger charge is -2.33. The molecule has 0 saturated carbocycles. The molecule has 3 aromatic heterocycles. The molecule has 7 nitrogen and oxygen atoms in total. The van der Waals surface area contributed by atoms with Crippen LogP contribution in [-0.4, -0.2) is 38.4 Å². The minimum absolute atomic E-state index is 0.0951. The second-order valence-corrected chi connectivity index (χ2v) is 5.86. The van der Waals surface area contributed by atoms with E-state index in [0.29, 0.717) is 29.9 Å². The van der Waals surface area contributed by atoms with Crippen LogP contribution >= 0.6 is 0 Å². The minimum Gasteiger partial charge on any atom is -0.459 e. The molecule has 0 unspecified atom stereocenters. The number of rotatable bonds is 2. The monoisotopic (exact) mass is 324 g/mol. The maximum absolute atomic E-state index is 12.7. The van der Waals surface area contributed by atoms with E-state index in [2.05, 4.69) is 9.97 Å². The average Bonchev–Trinajstić information content (AvgIpc) is 3.16. The fourth-order valence-electron chi connectivity index (χ4n) is 3.16. The molecule has 1 atom stereocenters. The topological polar surface area (TPSA) is 81.2 Å². The molecule has 1 aliphatic rings. The first-order valence-corrected chi connectivity index (χ1v) is 7.88. The smallest absolute Gasteiger partial charge is 0.289 e. The van der Waals surface area contributed by atoms with E-state index in [4.69, 9.17) is 4.42 Å². The standard InChI is InChI=1S/C17H16N4O3/c22-16-13-5-1-7-18-15(13)19-11-21(16)12-4-2-8-20(10-12)17(23)14-6-3-9-24-14/h1,3,5-7,9,11-12H,2,4,8,10H2/t12-/m0/s1. The number of furan rings is 1. The number of aromatic nitrogens is 3. The number of amides is 1. The summed E-state index contributed by atoms with van der Waals surface area (Å²) in [6, 6.07) is 6.70. The molecule has 122 valence electrons. The maximum atomic E-state index is 12.7. The van der Waals surface area contributed by atoms with E-state index >= 15 is 0 Å². The highest BCUT2D eigenvalue weighted by Gasteiger charge is 2.27. The molecule has 0 radical (unpaired) electrons. The summed E-state index contributed by atoms with van der Waals surface area (Å²) in [5.74, 6) is 0.178. The average molecular weight is 324 g/mol. The zero-order chi connectivity index (χ0) is 16.5. The third-order valence-electron chi connectivity index (χ3n) is 4.37. The van der Waals surface area contributed by atoms with Crippen LogP contribution in [-0.2, 0) is 0 Å². The molecule has 0 N–H and O–H groups in total. The number of fused-ring (bicyclic) bond motifs is 1. The van der Waals surface area contributed by atoms with Crippen LogP contribution in [0.15, 0.2) is 52.3 Å². The van der Waals surface area contributed by atoms with Gasteiger partial charge >= 0.3 is 0 Å². The molecule has 1 aliphatic heterocycles. The first kappa shape index (κ1) is 14.6. The Hall–Kier alpha value is -2.96. The zero-order valence-electron chi connectivity index (χ0n) is 13.0. The van der Waals surface area contributed by atoms with Gasteiger partial charge in [0.25, 0.3) is 11.5 Å². The summed E-state index contributed by atoms with van der Waals surface area (Å²) < 4.78 is 6.81. The summed E-state index contributed by atoms with van der Waals surface area (Å²) in [5, 5.41) is 0.495. The molecular formula is C17H16N4O3. The summed E-state index contributed by atoms with van der Waals surface area (Å²) >= 11 is 0. The van der Waals surface area contributed by atoms with Crippen LogP contribution < -0.4 is 5.56 Å². The fraction of sp³-hybridized carbons (Fsp3) is 0.294. The normalized spacial score (nSPS) is 18.0. The lowest BCUT2D eigenvalue weighted by atomic mass is 10.0. The Labute approximate surface area is 137 Å². The number of pyridine rings is 1. The van der Waals surface area contributed by atoms with Gasteiger partial charge in [-0.25, -0.2) is 9.97 Å². The van der Waals surface area contributed by atoms with Crippen molar-refractivity contribution in [1.29, 1.82) is 0 Å². The van der Waals surface area contributed by atoms with Gasteiger partial charge < -0.3 is 9.32 Å². The molecule has 1 saturated heterocycles.